The summed E-state index contributed by atoms with van der Waals surface area (Å²) < 4.78 is 17.8. The zero-order valence-corrected chi connectivity index (χ0v) is 15.2. The van der Waals surface area contributed by atoms with E-state index >= 15 is 0 Å². The molecule has 2 aliphatic carbocycles. The monoisotopic (exact) mass is 314 g/mol. The Hall–Kier alpha value is 0.0969. The van der Waals surface area contributed by atoms with Crippen molar-refractivity contribution in [1.29, 1.82) is 0 Å². The van der Waals surface area contributed by atoms with Crippen LogP contribution in [0.4, 0.5) is 0 Å². The summed E-state index contributed by atoms with van der Waals surface area (Å²) in [5.74, 6) is 3.15. The van der Waals surface area contributed by atoms with Crippen molar-refractivity contribution >= 4 is 8.80 Å². The summed E-state index contributed by atoms with van der Waals surface area (Å²) in [5, 5.41) is 0. The second-order valence-electron chi connectivity index (χ2n) is 6.66. The molecule has 0 aliphatic heterocycles. The van der Waals surface area contributed by atoms with E-state index in [1.807, 2.05) is 20.8 Å². The molecule has 2 fully saturated rings. The van der Waals surface area contributed by atoms with Gasteiger partial charge in [-0.2, -0.15) is 0 Å². The van der Waals surface area contributed by atoms with Crippen LogP contribution in [-0.4, -0.2) is 28.6 Å². The molecule has 0 saturated heterocycles. The van der Waals surface area contributed by atoms with Crippen LogP contribution in [0.25, 0.3) is 0 Å². The van der Waals surface area contributed by atoms with E-state index in [2.05, 4.69) is 0 Å². The maximum absolute atomic E-state index is 5.93. The SMILES string of the molecule is CCO[Si](CCCCC1CC2CCC1C2)(OCC)OCC. The summed E-state index contributed by atoms with van der Waals surface area (Å²) in [7, 11) is -2.39. The first-order valence-corrected chi connectivity index (χ1v) is 11.1. The van der Waals surface area contributed by atoms with Gasteiger partial charge >= 0.3 is 8.80 Å². The van der Waals surface area contributed by atoms with Gasteiger partial charge in [0.1, 0.15) is 0 Å². The summed E-state index contributed by atoms with van der Waals surface area (Å²) in [4.78, 5) is 0. The van der Waals surface area contributed by atoms with Crippen molar-refractivity contribution in [1.82, 2.24) is 0 Å². The van der Waals surface area contributed by atoms with Crippen LogP contribution >= 0.6 is 0 Å². The lowest BCUT2D eigenvalue weighted by atomic mass is 9.85. The van der Waals surface area contributed by atoms with Crippen molar-refractivity contribution < 1.29 is 13.3 Å². The van der Waals surface area contributed by atoms with Crippen LogP contribution in [0, 0.1) is 17.8 Å². The molecule has 21 heavy (non-hydrogen) atoms. The van der Waals surface area contributed by atoms with Gasteiger partial charge in [0.05, 0.1) is 0 Å². The van der Waals surface area contributed by atoms with Crippen LogP contribution in [-0.2, 0) is 13.3 Å². The summed E-state index contributed by atoms with van der Waals surface area (Å²) in [6, 6.07) is 0.989. The lowest BCUT2D eigenvalue weighted by Gasteiger charge is -2.29. The van der Waals surface area contributed by atoms with Gasteiger partial charge in [0.25, 0.3) is 0 Å². The predicted molar refractivity (Wildman–Crippen MR) is 88.2 cm³/mol. The van der Waals surface area contributed by atoms with Gasteiger partial charge in [-0.1, -0.05) is 19.3 Å². The van der Waals surface area contributed by atoms with Gasteiger partial charge in [0.15, 0.2) is 0 Å². The topological polar surface area (TPSA) is 27.7 Å². The molecule has 124 valence electrons. The molecule has 0 aromatic heterocycles. The standard InChI is InChI=1S/C17H34O3Si/c1-4-18-21(19-5-2,20-6-3)12-8-7-9-16-13-15-10-11-17(16)14-15/h15-17H,4-14H2,1-3H3. The molecular formula is C17H34O3Si. The van der Waals surface area contributed by atoms with E-state index < -0.39 is 8.80 Å². The van der Waals surface area contributed by atoms with E-state index in [0.717, 1.165) is 23.8 Å². The molecule has 3 atom stereocenters. The summed E-state index contributed by atoms with van der Waals surface area (Å²) in [5.41, 5.74) is 0. The fourth-order valence-corrected chi connectivity index (χ4v) is 7.16. The van der Waals surface area contributed by atoms with E-state index in [9.17, 15) is 0 Å². The van der Waals surface area contributed by atoms with E-state index in [1.54, 1.807) is 0 Å². The van der Waals surface area contributed by atoms with Crippen LogP contribution < -0.4 is 0 Å². The highest BCUT2D eigenvalue weighted by molar-refractivity contribution is 6.60. The highest BCUT2D eigenvalue weighted by atomic mass is 28.4. The minimum Gasteiger partial charge on any atom is -0.374 e. The highest BCUT2D eigenvalue weighted by Gasteiger charge is 2.41. The van der Waals surface area contributed by atoms with Crippen LogP contribution in [0.5, 0.6) is 0 Å². The third-order valence-corrected chi connectivity index (χ3v) is 8.44. The first-order chi connectivity index (χ1) is 10.2. The minimum atomic E-state index is -2.39. The molecule has 2 aliphatic rings. The molecule has 2 bridgehead atoms. The van der Waals surface area contributed by atoms with Crippen molar-refractivity contribution in [2.24, 2.45) is 17.8 Å². The number of unbranched alkanes of at least 4 members (excludes halogenated alkanes) is 1. The lowest BCUT2D eigenvalue weighted by Crippen LogP contribution is -2.45. The zero-order chi connectivity index (χ0) is 15.1. The molecule has 0 spiro atoms. The third kappa shape index (κ3) is 4.78. The second kappa shape index (κ2) is 8.66. The van der Waals surface area contributed by atoms with Gasteiger partial charge in [-0.05, 0) is 64.2 Å². The fraction of sp³-hybridized carbons (Fsp3) is 1.00. The molecule has 0 radical (unpaired) electrons. The van der Waals surface area contributed by atoms with Crippen molar-refractivity contribution in [3.63, 3.8) is 0 Å². The van der Waals surface area contributed by atoms with Crippen LogP contribution in [0.3, 0.4) is 0 Å². The van der Waals surface area contributed by atoms with Gasteiger partial charge in [0.2, 0.25) is 0 Å². The van der Waals surface area contributed by atoms with Gasteiger partial charge in [-0.3, -0.25) is 0 Å². The summed E-state index contributed by atoms with van der Waals surface area (Å²) in [6.07, 6.45) is 9.98. The zero-order valence-electron chi connectivity index (χ0n) is 14.2. The maximum Gasteiger partial charge on any atom is 0.500 e. The predicted octanol–water partition coefficient (Wildman–Crippen LogP) is 4.64. The molecule has 0 heterocycles. The lowest BCUT2D eigenvalue weighted by molar-refractivity contribution is 0.0705. The Morgan fingerprint density at radius 1 is 0.857 bits per heavy atom. The molecule has 4 heteroatoms. The quantitative estimate of drug-likeness (QED) is 0.411. The van der Waals surface area contributed by atoms with E-state index in [1.165, 1.54) is 44.9 Å². The molecule has 2 rings (SSSR count). The van der Waals surface area contributed by atoms with Gasteiger partial charge in [0, 0.05) is 25.9 Å². The number of hydrogen-bond donors (Lipinski definition) is 0. The average Bonchev–Trinajstić information content (AvgIpc) is 3.07. The smallest absolute Gasteiger partial charge is 0.374 e. The van der Waals surface area contributed by atoms with Crippen molar-refractivity contribution in [3.05, 3.63) is 0 Å². The molecule has 0 amide bonds. The molecular weight excluding hydrogens is 280 g/mol. The van der Waals surface area contributed by atoms with Gasteiger partial charge < -0.3 is 13.3 Å². The van der Waals surface area contributed by atoms with E-state index in [-0.39, 0.29) is 0 Å². The van der Waals surface area contributed by atoms with Crippen molar-refractivity contribution in [3.8, 4) is 0 Å². The first-order valence-electron chi connectivity index (χ1n) is 9.14. The second-order valence-corrected chi connectivity index (χ2v) is 9.39. The fourth-order valence-electron chi connectivity index (χ4n) is 4.48. The Balaban J connectivity index is 1.70. The Bertz CT molecular complexity index is 281. The Morgan fingerprint density at radius 3 is 2.00 bits per heavy atom. The van der Waals surface area contributed by atoms with E-state index in [4.69, 9.17) is 13.3 Å². The number of hydrogen-bond acceptors (Lipinski definition) is 3. The summed E-state index contributed by atoms with van der Waals surface area (Å²) >= 11 is 0. The Morgan fingerprint density at radius 2 is 1.52 bits per heavy atom. The maximum atomic E-state index is 5.93. The van der Waals surface area contributed by atoms with Crippen molar-refractivity contribution in [2.75, 3.05) is 19.8 Å². The number of rotatable bonds is 11. The van der Waals surface area contributed by atoms with Gasteiger partial charge in [-0.25, -0.2) is 0 Å². The molecule has 0 aromatic rings. The van der Waals surface area contributed by atoms with Crippen LogP contribution in [0.15, 0.2) is 0 Å². The molecule has 3 unspecified atom stereocenters. The van der Waals surface area contributed by atoms with E-state index in [0.29, 0.717) is 19.8 Å². The molecule has 2 saturated carbocycles. The van der Waals surface area contributed by atoms with Crippen molar-refractivity contribution in [2.45, 2.75) is 71.8 Å². The molecule has 3 nitrogen and oxygen atoms in total. The normalized spacial score (nSPS) is 28.4. The summed E-state index contributed by atoms with van der Waals surface area (Å²) in [6.45, 7) is 8.19. The van der Waals surface area contributed by atoms with Crippen LogP contribution in [0.1, 0.15) is 65.7 Å². The Kier molecular flexibility index (Phi) is 7.19. The number of fused-ring (bicyclic) bond motifs is 2. The van der Waals surface area contributed by atoms with Gasteiger partial charge in [-0.15, -0.1) is 0 Å². The molecule has 0 N–H and O–H groups in total. The molecule has 0 aromatic carbocycles. The average molecular weight is 315 g/mol. The highest BCUT2D eigenvalue weighted by Crippen LogP contribution is 2.50. The first kappa shape index (κ1) is 17.5. The third-order valence-electron chi connectivity index (χ3n) is 5.29. The largest absolute Gasteiger partial charge is 0.500 e. The Labute approximate surface area is 132 Å². The minimum absolute atomic E-state index is 0.693. The van der Waals surface area contributed by atoms with Crippen LogP contribution in [0.2, 0.25) is 6.04 Å².